The lowest BCUT2D eigenvalue weighted by Gasteiger charge is -2.20. The lowest BCUT2D eigenvalue weighted by Crippen LogP contribution is -2.38. The van der Waals surface area contributed by atoms with Crippen LogP contribution in [0.4, 0.5) is 0 Å². The van der Waals surface area contributed by atoms with Crippen molar-refractivity contribution < 1.29 is 14.3 Å². The van der Waals surface area contributed by atoms with Crippen molar-refractivity contribution in [3.05, 3.63) is 108 Å². The molecule has 5 heteroatoms. The van der Waals surface area contributed by atoms with Gasteiger partial charge in [0.2, 0.25) is 11.8 Å². The van der Waals surface area contributed by atoms with E-state index in [-0.39, 0.29) is 24.4 Å². The molecule has 0 aromatic heterocycles. The fraction of sp³-hybridized carbons (Fsp3) is 0.120. The van der Waals surface area contributed by atoms with E-state index in [2.05, 4.69) is 10.6 Å². The standard InChI is InChI=1S/C25H24N2O3/c1-30-22-15-13-21(14-16-22)25(20-10-6-3-7-11-20)27-24(29)18-26-23(28)17-12-19-8-4-2-5-9-19/h2-17,25H,18H2,1H3,(H,26,28)(H,27,29)/b17-12+. The highest BCUT2D eigenvalue weighted by molar-refractivity contribution is 5.94. The van der Waals surface area contributed by atoms with Crippen molar-refractivity contribution in [1.29, 1.82) is 0 Å². The number of rotatable bonds is 8. The lowest BCUT2D eigenvalue weighted by atomic mass is 9.98. The van der Waals surface area contributed by atoms with Crippen LogP contribution in [0.15, 0.2) is 91.0 Å². The molecule has 1 unspecified atom stereocenters. The molecule has 2 N–H and O–H groups in total. The zero-order chi connectivity index (χ0) is 21.2. The van der Waals surface area contributed by atoms with Gasteiger partial charge in [0.15, 0.2) is 0 Å². The molecule has 0 aliphatic rings. The molecular formula is C25H24N2O3. The Morgan fingerprint density at radius 3 is 2.10 bits per heavy atom. The van der Waals surface area contributed by atoms with Gasteiger partial charge in [0.1, 0.15) is 5.75 Å². The van der Waals surface area contributed by atoms with Crippen LogP contribution >= 0.6 is 0 Å². The molecule has 2 amide bonds. The maximum absolute atomic E-state index is 12.5. The molecule has 0 heterocycles. The molecule has 5 nitrogen and oxygen atoms in total. The molecule has 0 fully saturated rings. The van der Waals surface area contributed by atoms with Crippen LogP contribution in [0, 0.1) is 0 Å². The molecule has 0 aliphatic carbocycles. The van der Waals surface area contributed by atoms with Crippen molar-refractivity contribution >= 4 is 17.9 Å². The molecular weight excluding hydrogens is 376 g/mol. The summed E-state index contributed by atoms with van der Waals surface area (Å²) < 4.78 is 5.21. The summed E-state index contributed by atoms with van der Waals surface area (Å²) in [5.74, 6) is 0.144. The summed E-state index contributed by atoms with van der Waals surface area (Å²) in [7, 11) is 1.61. The van der Waals surface area contributed by atoms with Gasteiger partial charge in [0.25, 0.3) is 0 Å². The van der Waals surface area contributed by atoms with E-state index >= 15 is 0 Å². The number of hydrogen-bond acceptors (Lipinski definition) is 3. The average Bonchev–Trinajstić information content (AvgIpc) is 2.81. The number of amides is 2. The second-order valence-electron chi connectivity index (χ2n) is 6.65. The van der Waals surface area contributed by atoms with E-state index in [1.54, 1.807) is 13.2 Å². The normalized spacial score (nSPS) is 11.6. The van der Waals surface area contributed by atoms with Crippen LogP contribution < -0.4 is 15.4 Å². The summed E-state index contributed by atoms with van der Waals surface area (Å²) in [4.78, 5) is 24.6. The van der Waals surface area contributed by atoms with Gasteiger partial charge in [-0.3, -0.25) is 9.59 Å². The Labute approximate surface area is 176 Å². The number of benzene rings is 3. The maximum atomic E-state index is 12.5. The van der Waals surface area contributed by atoms with Crippen molar-refractivity contribution in [2.24, 2.45) is 0 Å². The quantitative estimate of drug-likeness (QED) is 0.566. The Morgan fingerprint density at radius 2 is 1.47 bits per heavy atom. The van der Waals surface area contributed by atoms with Crippen molar-refractivity contribution in [2.45, 2.75) is 6.04 Å². The molecule has 30 heavy (non-hydrogen) atoms. The minimum absolute atomic E-state index is 0.114. The Morgan fingerprint density at radius 1 is 0.867 bits per heavy atom. The van der Waals surface area contributed by atoms with E-state index < -0.39 is 0 Å². The minimum Gasteiger partial charge on any atom is -0.497 e. The Kier molecular flexibility index (Phi) is 7.39. The van der Waals surface area contributed by atoms with Gasteiger partial charge in [-0.05, 0) is 34.9 Å². The molecule has 0 spiro atoms. The summed E-state index contributed by atoms with van der Waals surface area (Å²) in [6.45, 7) is -0.114. The largest absolute Gasteiger partial charge is 0.497 e. The van der Waals surface area contributed by atoms with Gasteiger partial charge in [0.05, 0.1) is 19.7 Å². The molecule has 0 bridgehead atoms. The number of hydrogen-bond donors (Lipinski definition) is 2. The minimum atomic E-state index is -0.332. The molecule has 3 aromatic carbocycles. The van der Waals surface area contributed by atoms with E-state index in [9.17, 15) is 9.59 Å². The van der Waals surface area contributed by atoms with Crippen LogP contribution in [0.5, 0.6) is 5.75 Å². The number of ether oxygens (including phenoxy) is 1. The Hall–Kier alpha value is -3.86. The third kappa shape index (κ3) is 6.07. The predicted octanol–water partition coefficient (Wildman–Crippen LogP) is 3.73. The van der Waals surface area contributed by atoms with Gasteiger partial charge < -0.3 is 15.4 Å². The molecule has 3 aromatic rings. The smallest absolute Gasteiger partial charge is 0.244 e. The van der Waals surface area contributed by atoms with Gasteiger partial charge in [-0.2, -0.15) is 0 Å². The summed E-state index contributed by atoms with van der Waals surface area (Å²) in [6, 6.07) is 26.4. The Balaban J connectivity index is 1.63. The van der Waals surface area contributed by atoms with Crippen LogP contribution in [0.25, 0.3) is 6.08 Å². The molecule has 0 aliphatic heterocycles. The summed E-state index contributed by atoms with van der Waals surface area (Å²) in [5, 5.41) is 5.62. The van der Waals surface area contributed by atoms with Gasteiger partial charge in [-0.25, -0.2) is 0 Å². The average molecular weight is 400 g/mol. The maximum Gasteiger partial charge on any atom is 0.244 e. The van der Waals surface area contributed by atoms with E-state index in [0.717, 1.165) is 22.4 Å². The second kappa shape index (κ2) is 10.6. The predicted molar refractivity (Wildman–Crippen MR) is 118 cm³/mol. The fourth-order valence-electron chi connectivity index (χ4n) is 2.98. The first-order chi connectivity index (χ1) is 14.7. The molecule has 152 valence electrons. The first-order valence-corrected chi connectivity index (χ1v) is 9.65. The van der Waals surface area contributed by atoms with Gasteiger partial charge in [-0.15, -0.1) is 0 Å². The third-order valence-corrected chi connectivity index (χ3v) is 4.54. The van der Waals surface area contributed by atoms with E-state index in [0.29, 0.717) is 0 Å². The third-order valence-electron chi connectivity index (χ3n) is 4.54. The summed E-state index contributed by atoms with van der Waals surface area (Å²) in [6.07, 6.45) is 3.12. The fourth-order valence-corrected chi connectivity index (χ4v) is 2.98. The lowest BCUT2D eigenvalue weighted by molar-refractivity contribution is -0.124. The van der Waals surface area contributed by atoms with Crippen molar-refractivity contribution in [3.63, 3.8) is 0 Å². The van der Waals surface area contributed by atoms with Crippen LogP contribution in [0.1, 0.15) is 22.7 Å². The zero-order valence-corrected chi connectivity index (χ0v) is 16.7. The first kappa shape index (κ1) is 20.9. The SMILES string of the molecule is COc1ccc(C(NC(=O)CNC(=O)/C=C/c2ccccc2)c2ccccc2)cc1. The van der Waals surface area contributed by atoms with Crippen LogP contribution in [0.2, 0.25) is 0 Å². The second-order valence-corrected chi connectivity index (χ2v) is 6.65. The number of carbonyl (C=O) groups excluding carboxylic acids is 2. The monoisotopic (exact) mass is 400 g/mol. The topological polar surface area (TPSA) is 67.4 Å². The van der Waals surface area contributed by atoms with Gasteiger partial charge >= 0.3 is 0 Å². The zero-order valence-electron chi connectivity index (χ0n) is 16.7. The van der Waals surface area contributed by atoms with E-state index in [1.807, 2.05) is 84.9 Å². The molecule has 3 rings (SSSR count). The van der Waals surface area contributed by atoms with Gasteiger partial charge in [0, 0.05) is 6.08 Å². The summed E-state index contributed by atoms with van der Waals surface area (Å²) in [5.41, 5.74) is 2.79. The summed E-state index contributed by atoms with van der Waals surface area (Å²) >= 11 is 0. The van der Waals surface area contributed by atoms with Crippen LogP contribution in [0.3, 0.4) is 0 Å². The highest BCUT2D eigenvalue weighted by atomic mass is 16.5. The number of carbonyl (C=O) groups is 2. The molecule has 0 saturated carbocycles. The number of nitrogens with one attached hydrogen (secondary N) is 2. The van der Waals surface area contributed by atoms with Crippen molar-refractivity contribution in [1.82, 2.24) is 10.6 Å². The first-order valence-electron chi connectivity index (χ1n) is 9.65. The van der Waals surface area contributed by atoms with Crippen molar-refractivity contribution in [2.75, 3.05) is 13.7 Å². The Bertz CT molecular complexity index is 984. The van der Waals surface area contributed by atoms with E-state index in [4.69, 9.17) is 4.74 Å². The van der Waals surface area contributed by atoms with Crippen LogP contribution in [-0.4, -0.2) is 25.5 Å². The number of methoxy groups -OCH3 is 1. The molecule has 1 atom stereocenters. The molecule has 0 radical (unpaired) electrons. The van der Waals surface area contributed by atoms with Crippen molar-refractivity contribution in [3.8, 4) is 5.75 Å². The molecule has 0 saturated heterocycles. The highest BCUT2D eigenvalue weighted by Crippen LogP contribution is 2.24. The van der Waals surface area contributed by atoms with E-state index in [1.165, 1.54) is 6.08 Å². The van der Waals surface area contributed by atoms with Gasteiger partial charge in [-0.1, -0.05) is 72.8 Å². The highest BCUT2D eigenvalue weighted by Gasteiger charge is 2.17. The van der Waals surface area contributed by atoms with Crippen LogP contribution in [-0.2, 0) is 9.59 Å².